The van der Waals surface area contributed by atoms with Crippen molar-refractivity contribution in [2.75, 3.05) is 31.1 Å². The average Bonchev–Trinajstić information content (AvgIpc) is 3.01. The van der Waals surface area contributed by atoms with Crippen LogP contribution in [0.25, 0.3) is 5.95 Å². The number of hydrogen-bond acceptors (Lipinski definition) is 5. The average molecular weight is 362 g/mol. The molecule has 1 aliphatic rings. The molecule has 140 valence electrons. The number of rotatable bonds is 4. The monoisotopic (exact) mass is 362 g/mol. The van der Waals surface area contributed by atoms with E-state index in [1.165, 1.54) is 5.56 Å². The third-order valence-corrected chi connectivity index (χ3v) is 4.97. The lowest BCUT2D eigenvalue weighted by atomic mass is 10.2. The molecule has 27 heavy (non-hydrogen) atoms. The number of piperazine rings is 1. The predicted molar refractivity (Wildman–Crippen MR) is 107 cm³/mol. The van der Waals surface area contributed by atoms with Gasteiger partial charge in [0.2, 0.25) is 0 Å². The highest BCUT2D eigenvalue weighted by Gasteiger charge is 2.20. The quantitative estimate of drug-likeness (QED) is 0.714. The third-order valence-electron chi connectivity index (χ3n) is 4.97. The largest absolute Gasteiger partial charge is 0.354 e. The van der Waals surface area contributed by atoms with Crippen molar-refractivity contribution in [2.45, 2.75) is 27.3 Å². The Morgan fingerprint density at radius 1 is 0.852 bits per heavy atom. The first-order valence-electron chi connectivity index (χ1n) is 9.49. The molecule has 1 aliphatic heterocycles. The third kappa shape index (κ3) is 4.01. The van der Waals surface area contributed by atoms with E-state index in [4.69, 9.17) is 4.98 Å². The van der Waals surface area contributed by atoms with E-state index < -0.39 is 0 Å². The summed E-state index contributed by atoms with van der Waals surface area (Å²) in [7, 11) is 0. The summed E-state index contributed by atoms with van der Waals surface area (Å²) in [5.74, 6) is 1.65. The lowest BCUT2D eigenvalue weighted by Gasteiger charge is -2.35. The van der Waals surface area contributed by atoms with Gasteiger partial charge in [-0.25, -0.2) is 9.67 Å². The normalized spacial score (nSPS) is 15.3. The van der Waals surface area contributed by atoms with Crippen LogP contribution < -0.4 is 4.90 Å². The van der Waals surface area contributed by atoms with Crippen molar-refractivity contribution in [3.05, 3.63) is 65.1 Å². The highest BCUT2D eigenvalue weighted by Crippen LogP contribution is 2.18. The standard InChI is InChI=1S/C21H26N6/c1-16-14-20(23-21(22-16)27-18(3)13-17(2)24-27)26-11-9-25(10-12-26)15-19-7-5-4-6-8-19/h4-8,13-14H,9-12,15H2,1-3H3. The molecule has 0 atom stereocenters. The van der Waals surface area contributed by atoms with Gasteiger partial charge in [-0.15, -0.1) is 0 Å². The van der Waals surface area contributed by atoms with Gasteiger partial charge in [0.05, 0.1) is 5.69 Å². The number of nitrogens with zero attached hydrogens (tertiary/aromatic N) is 6. The van der Waals surface area contributed by atoms with Crippen LogP contribution in [0.2, 0.25) is 0 Å². The Morgan fingerprint density at radius 3 is 2.26 bits per heavy atom. The fourth-order valence-electron chi connectivity index (χ4n) is 3.60. The van der Waals surface area contributed by atoms with Gasteiger partial charge in [0, 0.05) is 50.2 Å². The second kappa shape index (κ2) is 7.48. The second-order valence-corrected chi connectivity index (χ2v) is 7.26. The summed E-state index contributed by atoms with van der Waals surface area (Å²) < 4.78 is 1.83. The zero-order valence-corrected chi connectivity index (χ0v) is 16.3. The molecule has 0 aliphatic carbocycles. The number of aryl methyl sites for hydroxylation is 3. The van der Waals surface area contributed by atoms with Gasteiger partial charge < -0.3 is 4.90 Å². The summed E-state index contributed by atoms with van der Waals surface area (Å²) >= 11 is 0. The van der Waals surface area contributed by atoms with Crippen molar-refractivity contribution < 1.29 is 0 Å². The maximum atomic E-state index is 4.81. The van der Waals surface area contributed by atoms with Crippen LogP contribution >= 0.6 is 0 Å². The van der Waals surface area contributed by atoms with Crippen LogP contribution in [0.15, 0.2) is 42.5 Å². The molecule has 3 heterocycles. The van der Waals surface area contributed by atoms with Gasteiger partial charge in [0.1, 0.15) is 5.82 Å². The molecule has 2 aromatic heterocycles. The van der Waals surface area contributed by atoms with E-state index >= 15 is 0 Å². The van der Waals surface area contributed by atoms with Gasteiger partial charge in [0.15, 0.2) is 0 Å². The van der Waals surface area contributed by atoms with Gasteiger partial charge in [-0.2, -0.15) is 10.1 Å². The van der Waals surface area contributed by atoms with Crippen molar-refractivity contribution in [3.8, 4) is 5.95 Å². The first-order chi connectivity index (χ1) is 13.1. The SMILES string of the molecule is Cc1cc(N2CCN(Cc3ccccc3)CC2)nc(-n2nc(C)cc2C)n1. The fourth-order valence-corrected chi connectivity index (χ4v) is 3.60. The van der Waals surface area contributed by atoms with Crippen molar-refractivity contribution in [2.24, 2.45) is 0 Å². The molecule has 6 nitrogen and oxygen atoms in total. The smallest absolute Gasteiger partial charge is 0.252 e. The number of aromatic nitrogens is 4. The van der Waals surface area contributed by atoms with Crippen molar-refractivity contribution in [3.63, 3.8) is 0 Å². The molecule has 6 heteroatoms. The molecule has 0 unspecified atom stereocenters. The molecular formula is C21H26N6. The van der Waals surface area contributed by atoms with Gasteiger partial charge in [-0.3, -0.25) is 4.90 Å². The van der Waals surface area contributed by atoms with Crippen molar-refractivity contribution >= 4 is 5.82 Å². The highest BCUT2D eigenvalue weighted by molar-refractivity contribution is 5.42. The molecule has 3 aromatic rings. The van der Waals surface area contributed by atoms with Crippen LogP contribution in [0, 0.1) is 20.8 Å². The van der Waals surface area contributed by atoms with E-state index in [1.807, 2.05) is 31.5 Å². The van der Waals surface area contributed by atoms with E-state index in [2.05, 4.69) is 56.3 Å². The van der Waals surface area contributed by atoms with E-state index in [0.29, 0.717) is 5.95 Å². The van der Waals surface area contributed by atoms with Gasteiger partial charge in [-0.1, -0.05) is 30.3 Å². The van der Waals surface area contributed by atoms with E-state index in [1.54, 1.807) is 0 Å². The molecule has 1 aromatic carbocycles. The Hall–Kier alpha value is -2.73. The number of benzene rings is 1. The first kappa shape index (κ1) is 17.7. The van der Waals surface area contributed by atoms with Crippen molar-refractivity contribution in [1.82, 2.24) is 24.6 Å². The number of hydrogen-bond donors (Lipinski definition) is 0. The molecule has 1 saturated heterocycles. The molecule has 0 radical (unpaired) electrons. The molecule has 0 N–H and O–H groups in total. The molecule has 1 fully saturated rings. The minimum absolute atomic E-state index is 0.655. The summed E-state index contributed by atoms with van der Waals surface area (Å²) in [6.07, 6.45) is 0. The van der Waals surface area contributed by atoms with Crippen LogP contribution in [-0.2, 0) is 6.54 Å². The number of anilines is 1. The summed E-state index contributed by atoms with van der Waals surface area (Å²) in [4.78, 5) is 14.3. The van der Waals surface area contributed by atoms with Crippen LogP contribution in [0.4, 0.5) is 5.82 Å². The Morgan fingerprint density at radius 2 is 1.59 bits per heavy atom. The predicted octanol–water partition coefficient (Wildman–Crippen LogP) is 2.91. The van der Waals surface area contributed by atoms with E-state index in [0.717, 1.165) is 55.6 Å². The van der Waals surface area contributed by atoms with E-state index in [9.17, 15) is 0 Å². The van der Waals surface area contributed by atoms with Gasteiger partial charge >= 0.3 is 0 Å². The summed E-state index contributed by atoms with van der Waals surface area (Å²) in [5, 5.41) is 4.53. The minimum atomic E-state index is 0.655. The summed E-state index contributed by atoms with van der Waals surface area (Å²) in [6.45, 7) is 11.1. The Balaban J connectivity index is 1.47. The zero-order chi connectivity index (χ0) is 18.8. The fraction of sp³-hybridized carbons (Fsp3) is 0.381. The molecule has 4 rings (SSSR count). The Labute approximate surface area is 160 Å². The van der Waals surface area contributed by atoms with Crippen LogP contribution in [0.1, 0.15) is 22.6 Å². The molecule has 0 saturated carbocycles. The lowest BCUT2D eigenvalue weighted by Crippen LogP contribution is -2.46. The van der Waals surface area contributed by atoms with Crippen LogP contribution in [0.3, 0.4) is 0 Å². The molecule has 0 amide bonds. The Kier molecular flexibility index (Phi) is 4.90. The van der Waals surface area contributed by atoms with E-state index in [-0.39, 0.29) is 0 Å². The lowest BCUT2D eigenvalue weighted by molar-refractivity contribution is 0.249. The van der Waals surface area contributed by atoms with Crippen LogP contribution in [0.5, 0.6) is 0 Å². The molecule has 0 spiro atoms. The maximum absolute atomic E-state index is 4.81. The first-order valence-corrected chi connectivity index (χ1v) is 9.49. The highest BCUT2D eigenvalue weighted by atomic mass is 15.4. The zero-order valence-electron chi connectivity index (χ0n) is 16.3. The van der Waals surface area contributed by atoms with Gasteiger partial charge in [0.25, 0.3) is 5.95 Å². The Bertz CT molecular complexity index is 910. The summed E-state index contributed by atoms with van der Waals surface area (Å²) in [5.41, 5.74) is 4.37. The second-order valence-electron chi connectivity index (χ2n) is 7.26. The van der Waals surface area contributed by atoms with Gasteiger partial charge in [-0.05, 0) is 32.4 Å². The molecular weight excluding hydrogens is 336 g/mol. The van der Waals surface area contributed by atoms with Crippen LogP contribution in [-0.4, -0.2) is 50.8 Å². The summed E-state index contributed by atoms with van der Waals surface area (Å²) in [6, 6.07) is 14.8. The van der Waals surface area contributed by atoms with Crippen molar-refractivity contribution in [1.29, 1.82) is 0 Å². The molecule has 0 bridgehead atoms. The topological polar surface area (TPSA) is 50.1 Å². The maximum Gasteiger partial charge on any atom is 0.252 e. The minimum Gasteiger partial charge on any atom is -0.354 e.